The summed E-state index contributed by atoms with van der Waals surface area (Å²) in [6, 6.07) is 13.7. The molecule has 9 heteroatoms. The molecule has 0 aliphatic carbocycles. The summed E-state index contributed by atoms with van der Waals surface area (Å²) in [5, 5.41) is 7.98. The summed E-state index contributed by atoms with van der Waals surface area (Å²) in [7, 11) is 1.58. The van der Waals surface area contributed by atoms with Gasteiger partial charge in [-0.15, -0.1) is 10.2 Å². The Hall–Kier alpha value is -4.01. The number of aromatic nitrogens is 2. The second-order valence-corrected chi connectivity index (χ2v) is 7.29. The van der Waals surface area contributed by atoms with Crippen LogP contribution in [0.15, 0.2) is 52.9 Å². The minimum absolute atomic E-state index is 0.173. The van der Waals surface area contributed by atoms with Gasteiger partial charge in [-0.25, -0.2) is 4.79 Å². The van der Waals surface area contributed by atoms with Crippen LogP contribution in [0.2, 0.25) is 0 Å². The molecule has 1 saturated heterocycles. The largest absolute Gasteiger partial charge is 0.497 e. The number of ether oxygens (including phenoxy) is 2. The zero-order valence-electron chi connectivity index (χ0n) is 17.6. The average molecular weight is 435 g/mol. The molecule has 3 aromatic rings. The van der Waals surface area contributed by atoms with Crippen molar-refractivity contribution in [1.29, 1.82) is 0 Å². The van der Waals surface area contributed by atoms with Gasteiger partial charge < -0.3 is 13.9 Å². The molecule has 4 rings (SSSR count). The number of amides is 2. The molecular formula is C23H21N3O6. The van der Waals surface area contributed by atoms with Gasteiger partial charge in [0.1, 0.15) is 5.75 Å². The van der Waals surface area contributed by atoms with Crippen molar-refractivity contribution in [3.63, 3.8) is 0 Å². The third-order valence-electron chi connectivity index (χ3n) is 5.09. The number of methoxy groups -OCH3 is 1. The molecule has 0 N–H and O–H groups in total. The first-order valence-corrected chi connectivity index (χ1v) is 10.1. The van der Waals surface area contributed by atoms with Crippen molar-refractivity contribution in [3.8, 4) is 17.2 Å². The molecule has 1 atom stereocenters. The van der Waals surface area contributed by atoms with E-state index in [1.807, 2.05) is 0 Å². The van der Waals surface area contributed by atoms with E-state index in [9.17, 15) is 14.4 Å². The number of nitrogens with zero attached hydrogens (tertiary/aromatic N) is 3. The molecule has 0 unspecified atom stereocenters. The highest BCUT2D eigenvalue weighted by Gasteiger charge is 2.28. The van der Waals surface area contributed by atoms with E-state index in [1.54, 1.807) is 62.6 Å². The number of hydrogen-bond acceptors (Lipinski definition) is 8. The van der Waals surface area contributed by atoms with Gasteiger partial charge in [0, 0.05) is 18.4 Å². The van der Waals surface area contributed by atoms with Gasteiger partial charge in [-0.2, -0.15) is 0 Å². The van der Waals surface area contributed by atoms with Gasteiger partial charge in [0.05, 0.1) is 19.2 Å². The molecule has 2 heterocycles. The lowest BCUT2D eigenvalue weighted by Crippen LogP contribution is -2.28. The fourth-order valence-electron chi connectivity index (χ4n) is 3.26. The minimum Gasteiger partial charge on any atom is -0.497 e. The first kappa shape index (κ1) is 21.2. The lowest BCUT2D eigenvalue weighted by molar-refractivity contribution is -0.139. The molecule has 9 nitrogen and oxygen atoms in total. The van der Waals surface area contributed by atoms with E-state index in [2.05, 4.69) is 10.2 Å². The van der Waals surface area contributed by atoms with Crippen molar-refractivity contribution in [1.82, 2.24) is 15.1 Å². The van der Waals surface area contributed by atoms with E-state index in [-0.39, 0.29) is 37.1 Å². The van der Waals surface area contributed by atoms with Gasteiger partial charge in [0.25, 0.3) is 5.89 Å². The van der Waals surface area contributed by atoms with Gasteiger partial charge in [0.2, 0.25) is 17.7 Å². The maximum Gasteiger partial charge on any atom is 0.338 e. The Balaban J connectivity index is 1.37. The predicted molar refractivity (Wildman–Crippen MR) is 111 cm³/mol. The van der Waals surface area contributed by atoms with Gasteiger partial charge in [-0.05, 0) is 48.9 Å². The lowest BCUT2D eigenvalue weighted by atomic mass is 10.1. The molecule has 2 aromatic carbocycles. The Morgan fingerprint density at radius 2 is 1.69 bits per heavy atom. The van der Waals surface area contributed by atoms with Gasteiger partial charge in [-0.1, -0.05) is 12.1 Å². The molecule has 1 aromatic heterocycles. The van der Waals surface area contributed by atoms with Crippen molar-refractivity contribution in [2.45, 2.75) is 32.4 Å². The van der Waals surface area contributed by atoms with Crippen LogP contribution in [0.4, 0.5) is 0 Å². The highest BCUT2D eigenvalue weighted by atomic mass is 16.6. The quantitative estimate of drug-likeness (QED) is 0.410. The summed E-state index contributed by atoms with van der Waals surface area (Å²) in [5.74, 6) is 0.275. The Morgan fingerprint density at radius 1 is 1.03 bits per heavy atom. The Labute approximate surface area is 183 Å². The molecule has 2 amide bonds. The Morgan fingerprint density at radius 3 is 2.31 bits per heavy atom. The van der Waals surface area contributed by atoms with E-state index >= 15 is 0 Å². The predicted octanol–water partition coefficient (Wildman–Crippen LogP) is 3.31. The summed E-state index contributed by atoms with van der Waals surface area (Å²) in [5.41, 5.74) is 1.79. The minimum atomic E-state index is -0.749. The maximum atomic E-state index is 12.5. The van der Waals surface area contributed by atoms with Crippen molar-refractivity contribution >= 4 is 17.8 Å². The van der Waals surface area contributed by atoms with Crippen molar-refractivity contribution in [2.75, 3.05) is 7.11 Å². The summed E-state index contributed by atoms with van der Waals surface area (Å²) < 4.78 is 16.2. The summed E-state index contributed by atoms with van der Waals surface area (Å²) in [4.78, 5) is 37.2. The number of likely N-dealkylation sites (tertiary alicyclic amines) is 1. The Bertz CT molecular complexity index is 1120. The molecule has 1 fully saturated rings. The number of imide groups is 1. The molecule has 1 aliphatic heterocycles. The van der Waals surface area contributed by atoms with E-state index < -0.39 is 12.1 Å². The molecule has 1 aliphatic rings. The van der Waals surface area contributed by atoms with Crippen LogP contribution in [0.5, 0.6) is 5.75 Å². The summed E-state index contributed by atoms with van der Waals surface area (Å²) in [6.07, 6.45) is -0.255. The standard InChI is InChI=1S/C23H21N3O6/c1-14(21-24-25-22(32-21)16-7-9-18(30-2)10-8-16)31-23(29)17-5-3-15(4-6-17)13-26-19(27)11-12-20(26)28/h3-10,14H,11-13H2,1-2H3/t14-/m0/s1. The van der Waals surface area contributed by atoms with Gasteiger partial charge in [0.15, 0.2) is 6.10 Å². The van der Waals surface area contributed by atoms with Crippen LogP contribution < -0.4 is 4.74 Å². The zero-order valence-corrected chi connectivity index (χ0v) is 17.6. The molecule has 32 heavy (non-hydrogen) atoms. The van der Waals surface area contributed by atoms with Crippen LogP contribution in [-0.4, -0.2) is 40.0 Å². The van der Waals surface area contributed by atoms with Crippen molar-refractivity contribution in [2.24, 2.45) is 0 Å². The molecule has 0 saturated carbocycles. The SMILES string of the molecule is COc1ccc(-c2nnc([C@H](C)OC(=O)c3ccc(CN4C(=O)CCC4=O)cc3)o2)cc1. The van der Waals surface area contributed by atoms with Crippen molar-refractivity contribution in [3.05, 3.63) is 65.5 Å². The first-order chi connectivity index (χ1) is 15.4. The average Bonchev–Trinajstić information content (AvgIpc) is 3.42. The number of rotatable bonds is 7. The molecule has 0 spiro atoms. The number of esters is 1. The second kappa shape index (κ2) is 9.01. The fourth-order valence-corrected chi connectivity index (χ4v) is 3.26. The van der Waals surface area contributed by atoms with Crippen LogP contribution >= 0.6 is 0 Å². The smallest absolute Gasteiger partial charge is 0.338 e. The number of carbonyl (C=O) groups is 3. The lowest BCUT2D eigenvalue weighted by Gasteiger charge is -2.14. The van der Waals surface area contributed by atoms with Crippen LogP contribution in [0, 0.1) is 0 Å². The summed E-state index contributed by atoms with van der Waals surface area (Å²) >= 11 is 0. The maximum absolute atomic E-state index is 12.5. The normalized spacial score (nSPS) is 14.5. The topological polar surface area (TPSA) is 112 Å². The molecule has 164 valence electrons. The van der Waals surface area contributed by atoms with E-state index in [4.69, 9.17) is 13.9 Å². The van der Waals surface area contributed by atoms with Crippen molar-refractivity contribution < 1.29 is 28.3 Å². The van der Waals surface area contributed by atoms with Gasteiger partial charge in [-0.3, -0.25) is 14.5 Å². The number of carbonyl (C=O) groups excluding carboxylic acids is 3. The number of benzene rings is 2. The third-order valence-corrected chi connectivity index (χ3v) is 5.09. The van der Waals surface area contributed by atoms with Crippen LogP contribution in [0.1, 0.15) is 47.7 Å². The van der Waals surface area contributed by atoms with E-state index in [0.717, 1.165) is 5.56 Å². The molecular weight excluding hydrogens is 414 g/mol. The number of hydrogen-bond donors (Lipinski definition) is 0. The monoisotopic (exact) mass is 435 g/mol. The molecule has 0 bridgehead atoms. The summed E-state index contributed by atoms with van der Waals surface area (Å²) in [6.45, 7) is 1.84. The zero-order chi connectivity index (χ0) is 22.7. The fraction of sp³-hybridized carbons (Fsp3) is 0.261. The van der Waals surface area contributed by atoms with Gasteiger partial charge >= 0.3 is 5.97 Å². The highest BCUT2D eigenvalue weighted by molar-refractivity contribution is 6.01. The Kier molecular flexibility index (Phi) is 5.98. The molecule has 0 radical (unpaired) electrons. The third kappa shape index (κ3) is 4.51. The second-order valence-electron chi connectivity index (χ2n) is 7.29. The highest BCUT2D eigenvalue weighted by Crippen LogP contribution is 2.25. The van der Waals surface area contributed by atoms with Crippen LogP contribution in [0.25, 0.3) is 11.5 Å². The van der Waals surface area contributed by atoms with E-state index in [0.29, 0.717) is 22.8 Å². The van der Waals surface area contributed by atoms with Crippen LogP contribution in [-0.2, 0) is 20.9 Å². The van der Waals surface area contributed by atoms with E-state index in [1.165, 1.54) is 4.90 Å². The van der Waals surface area contributed by atoms with Crippen LogP contribution in [0.3, 0.4) is 0 Å². The first-order valence-electron chi connectivity index (χ1n) is 10.1.